The van der Waals surface area contributed by atoms with Gasteiger partial charge in [-0.3, -0.25) is 9.69 Å². The highest BCUT2D eigenvalue weighted by Crippen LogP contribution is 2.34. The third-order valence-corrected chi connectivity index (χ3v) is 4.47. The summed E-state index contributed by atoms with van der Waals surface area (Å²) in [5.74, 6) is 1.39. The number of carbonyl (C=O) groups is 1. The Labute approximate surface area is 152 Å². The number of para-hydroxylation sites is 2. The van der Waals surface area contributed by atoms with E-state index in [-0.39, 0.29) is 12.5 Å². The molecule has 1 amide bonds. The monoisotopic (exact) mass is 399 g/mol. The Hall–Kier alpha value is -2.67. The van der Waals surface area contributed by atoms with Crippen molar-refractivity contribution in [1.82, 2.24) is 10.1 Å². The van der Waals surface area contributed by atoms with Crippen LogP contribution in [0.5, 0.6) is 5.75 Å². The highest BCUT2D eigenvalue weighted by Gasteiger charge is 2.32. The van der Waals surface area contributed by atoms with Crippen LogP contribution in [0.3, 0.4) is 0 Å². The predicted octanol–water partition coefficient (Wildman–Crippen LogP) is 3.81. The summed E-state index contributed by atoms with van der Waals surface area (Å²) in [5, 5.41) is 4.01. The zero-order valence-electron chi connectivity index (χ0n) is 13.3. The molecule has 2 heterocycles. The predicted molar refractivity (Wildman–Crippen MR) is 95.2 cm³/mol. The lowest BCUT2D eigenvalue weighted by Crippen LogP contribution is -2.44. The van der Waals surface area contributed by atoms with Crippen LogP contribution in [0.4, 0.5) is 5.69 Å². The molecule has 126 valence electrons. The van der Waals surface area contributed by atoms with Gasteiger partial charge in [0, 0.05) is 10.0 Å². The normalized spacial score (nSPS) is 16.5. The molecule has 4 rings (SSSR count). The number of carbonyl (C=O) groups excluding carboxylic acids is 1. The van der Waals surface area contributed by atoms with Gasteiger partial charge in [-0.1, -0.05) is 33.2 Å². The fourth-order valence-electron chi connectivity index (χ4n) is 2.69. The lowest BCUT2D eigenvalue weighted by atomic mass is 10.2. The molecule has 7 heteroatoms. The number of aromatic nitrogens is 2. The number of benzene rings is 2. The fraction of sp³-hybridized carbons (Fsp3) is 0.167. The quantitative estimate of drug-likeness (QED) is 0.669. The van der Waals surface area contributed by atoms with Crippen LogP contribution < -0.4 is 9.64 Å². The van der Waals surface area contributed by atoms with E-state index in [2.05, 4.69) is 26.1 Å². The minimum Gasteiger partial charge on any atom is -0.479 e. The molecular weight excluding hydrogens is 386 g/mol. The summed E-state index contributed by atoms with van der Waals surface area (Å²) in [6.45, 7) is 1.93. The van der Waals surface area contributed by atoms with Crippen LogP contribution >= 0.6 is 15.9 Å². The first-order chi connectivity index (χ1) is 12.1. The molecule has 1 aliphatic heterocycles. The van der Waals surface area contributed by atoms with Crippen molar-refractivity contribution in [2.24, 2.45) is 0 Å². The summed E-state index contributed by atoms with van der Waals surface area (Å²) in [4.78, 5) is 18.5. The second-order valence-corrected chi connectivity index (χ2v) is 6.59. The zero-order chi connectivity index (χ0) is 17.4. The van der Waals surface area contributed by atoms with E-state index in [4.69, 9.17) is 9.26 Å². The minimum absolute atomic E-state index is 0.137. The number of anilines is 1. The molecule has 3 aromatic rings. The first kappa shape index (κ1) is 15.8. The van der Waals surface area contributed by atoms with Crippen molar-refractivity contribution >= 4 is 27.5 Å². The minimum atomic E-state index is -0.552. The van der Waals surface area contributed by atoms with E-state index in [1.165, 1.54) is 0 Å². The summed E-state index contributed by atoms with van der Waals surface area (Å²) < 4.78 is 12.0. The van der Waals surface area contributed by atoms with Crippen molar-refractivity contribution in [3.63, 3.8) is 0 Å². The van der Waals surface area contributed by atoms with Crippen molar-refractivity contribution in [1.29, 1.82) is 0 Å². The van der Waals surface area contributed by atoms with Crippen LogP contribution in [0.1, 0.15) is 12.8 Å². The number of nitrogens with zero attached hydrogens (tertiary/aromatic N) is 3. The molecule has 1 aliphatic rings. The average molecular weight is 400 g/mol. The summed E-state index contributed by atoms with van der Waals surface area (Å²) in [6, 6.07) is 15.0. The Kier molecular flexibility index (Phi) is 4.01. The molecule has 0 N–H and O–H groups in total. The number of ether oxygens (including phenoxy) is 1. The zero-order valence-corrected chi connectivity index (χ0v) is 14.9. The molecule has 1 aromatic heterocycles. The number of amides is 1. The summed E-state index contributed by atoms with van der Waals surface area (Å²) in [6.07, 6.45) is -0.552. The highest BCUT2D eigenvalue weighted by atomic mass is 79.9. The van der Waals surface area contributed by atoms with Crippen LogP contribution in [0.15, 0.2) is 57.5 Å². The van der Waals surface area contributed by atoms with Crippen molar-refractivity contribution in [2.45, 2.75) is 19.6 Å². The van der Waals surface area contributed by atoms with E-state index in [9.17, 15) is 4.79 Å². The SMILES string of the molecule is C[C@H]1Oc2ccccc2N(Cc2nc(-c3ccc(Br)cc3)no2)C1=O. The Morgan fingerprint density at radius 3 is 2.72 bits per heavy atom. The van der Waals surface area contributed by atoms with Gasteiger partial charge in [0.25, 0.3) is 5.91 Å². The molecule has 25 heavy (non-hydrogen) atoms. The molecule has 0 fully saturated rings. The molecule has 6 nitrogen and oxygen atoms in total. The standard InChI is InChI=1S/C18H14BrN3O3/c1-11-18(23)22(14-4-2-3-5-15(14)24-11)10-16-20-17(21-25-16)12-6-8-13(19)9-7-12/h2-9,11H,10H2,1H3/t11-/m1/s1. The molecule has 0 unspecified atom stereocenters. The van der Waals surface area contributed by atoms with Crippen LogP contribution in [0, 0.1) is 0 Å². The van der Waals surface area contributed by atoms with Crippen molar-refractivity contribution in [3.8, 4) is 17.1 Å². The second kappa shape index (κ2) is 6.33. The van der Waals surface area contributed by atoms with Gasteiger partial charge in [-0.2, -0.15) is 4.98 Å². The number of hydrogen-bond acceptors (Lipinski definition) is 5. The van der Waals surface area contributed by atoms with E-state index in [0.717, 1.165) is 10.0 Å². The van der Waals surface area contributed by atoms with E-state index < -0.39 is 6.10 Å². The molecule has 0 bridgehead atoms. The Bertz CT molecular complexity index is 923. The maximum absolute atomic E-state index is 12.5. The van der Waals surface area contributed by atoms with Crippen molar-refractivity contribution in [2.75, 3.05) is 4.90 Å². The fourth-order valence-corrected chi connectivity index (χ4v) is 2.96. The third-order valence-electron chi connectivity index (χ3n) is 3.94. The lowest BCUT2D eigenvalue weighted by Gasteiger charge is -2.31. The van der Waals surface area contributed by atoms with E-state index in [1.54, 1.807) is 11.8 Å². The smallest absolute Gasteiger partial charge is 0.268 e. The van der Waals surface area contributed by atoms with Crippen LogP contribution in [-0.2, 0) is 11.3 Å². The van der Waals surface area contributed by atoms with Gasteiger partial charge in [0.05, 0.1) is 5.69 Å². The van der Waals surface area contributed by atoms with Gasteiger partial charge in [-0.15, -0.1) is 0 Å². The molecule has 1 atom stereocenters. The van der Waals surface area contributed by atoms with E-state index in [1.807, 2.05) is 48.5 Å². The molecule has 0 saturated heterocycles. The summed E-state index contributed by atoms with van der Waals surface area (Å²) in [5.41, 5.74) is 1.55. The number of halogens is 1. The first-order valence-electron chi connectivity index (χ1n) is 7.77. The van der Waals surface area contributed by atoms with Crippen molar-refractivity contribution in [3.05, 3.63) is 58.9 Å². The summed E-state index contributed by atoms with van der Waals surface area (Å²) in [7, 11) is 0. The van der Waals surface area contributed by atoms with Crippen molar-refractivity contribution < 1.29 is 14.1 Å². The van der Waals surface area contributed by atoms with Gasteiger partial charge in [0.15, 0.2) is 6.10 Å². The maximum atomic E-state index is 12.5. The van der Waals surface area contributed by atoms with Gasteiger partial charge < -0.3 is 9.26 Å². The first-order valence-corrected chi connectivity index (χ1v) is 8.57. The highest BCUT2D eigenvalue weighted by molar-refractivity contribution is 9.10. The Balaban J connectivity index is 1.62. The Morgan fingerprint density at radius 2 is 1.92 bits per heavy atom. The van der Waals surface area contributed by atoms with Crippen LogP contribution in [0.2, 0.25) is 0 Å². The van der Waals surface area contributed by atoms with E-state index in [0.29, 0.717) is 23.2 Å². The van der Waals surface area contributed by atoms with E-state index >= 15 is 0 Å². The van der Waals surface area contributed by atoms with Crippen LogP contribution in [0.25, 0.3) is 11.4 Å². The van der Waals surface area contributed by atoms with Gasteiger partial charge in [-0.25, -0.2) is 0 Å². The largest absolute Gasteiger partial charge is 0.479 e. The maximum Gasteiger partial charge on any atom is 0.268 e. The van der Waals surface area contributed by atoms with Gasteiger partial charge in [-0.05, 0) is 43.3 Å². The molecular formula is C18H14BrN3O3. The third kappa shape index (κ3) is 3.02. The Morgan fingerprint density at radius 1 is 1.16 bits per heavy atom. The molecule has 2 aromatic carbocycles. The molecule has 0 radical (unpaired) electrons. The molecule has 0 spiro atoms. The topological polar surface area (TPSA) is 68.5 Å². The van der Waals surface area contributed by atoms with Gasteiger partial charge in [0.2, 0.25) is 11.7 Å². The number of rotatable bonds is 3. The number of fused-ring (bicyclic) bond motifs is 1. The van der Waals surface area contributed by atoms with Crippen LogP contribution in [-0.4, -0.2) is 22.2 Å². The number of hydrogen-bond donors (Lipinski definition) is 0. The molecule has 0 aliphatic carbocycles. The van der Waals surface area contributed by atoms with Gasteiger partial charge in [0.1, 0.15) is 12.3 Å². The summed E-state index contributed by atoms with van der Waals surface area (Å²) >= 11 is 3.40. The second-order valence-electron chi connectivity index (χ2n) is 5.67. The lowest BCUT2D eigenvalue weighted by molar-refractivity contribution is -0.125. The average Bonchev–Trinajstić information content (AvgIpc) is 3.08. The molecule has 0 saturated carbocycles. The van der Waals surface area contributed by atoms with Gasteiger partial charge >= 0.3 is 0 Å².